The van der Waals surface area contributed by atoms with E-state index in [-0.39, 0.29) is 17.7 Å². The van der Waals surface area contributed by atoms with E-state index in [1.165, 1.54) is 0 Å². The van der Waals surface area contributed by atoms with Crippen LogP contribution in [0, 0.1) is 5.92 Å². The highest BCUT2D eigenvalue weighted by molar-refractivity contribution is 6.32. The molecule has 1 saturated carbocycles. The topological polar surface area (TPSA) is 64.7 Å². The molecule has 23 heavy (non-hydrogen) atoms. The molecule has 0 saturated heterocycles. The molecule has 1 aromatic rings. The lowest BCUT2D eigenvalue weighted by atomic mass is 9.73. The molecular weight excluding hydrogens is 312 g/mol. The van der Waals surface area contributed by atoms with Gasteiger partial charge in [0.2, 0.25) is 11.7 Å². The van der Waals surface area contributed by atoms with Crippen LogP contribution in [0.2, 0.25) is 5.02 Å². The minimum atomic E-state index is -0.931. The molecule has 1 heterocycles. The first-order valence-corrected chi connectivity index (χ1v) is 8.68. The van der Waals surface area contributed by atoms with Crippen molar-refractivity contribution in [1.82, 2.24) is 0 Å². The maximum Gasteiger partial charge on any atom is 0.205 e. The maximum absolute atomic E-state index is 13.0. The van der Waals surface area contributed by atoms with Gasteiger partial charge >= 0.3 is 0 Å². The zero-order valence-electron chi connectivity index (χ0n) is 13.6. The van der Waals surface area contributed by atoms with E-state index in [4.69, 9.17) is 27.1 Å². The standard InChI is InChI=1S/C18H23ClN2O2/c1-3-11(2)15(20)17-21-18(12-7-4-5-8-13(12)19)10-6-9-14(23-17)16(18)22/h4-5,7-8,11,14-15H,3,6,9-10,20H2,1-2H3. The highest BCUT2D eigenvalue weighted by Gasteiger charge is 2.52. The molecule has 4 nitrogen and oxygen atoms in total. The predicted octanol–water partition coefficient (Wildman–Crippen LogP) is 3.46. The smallest absolute Gasteiger partial charge is 0.205 e. The number of hydrogen-bond donors (Lipinski definition) is 1. The second kappa shape index (κ2) is 6.25. The van der Waals surface area contributed by atoms with Gasteiger partial charge in [0.1, 0.15) is 0 Å². The Kier molecular flexibility index (Phi) is 4.47. The third-order valence-electron chi connectivity index (χ3n) is 5.13. The van der Waals surface area contributed by atoms with E-state index in [1.54, 1.807) is 0 Å². The molecule has 5 heteroatoms. The largest absolute Gasteiger partial charge is 0.468 e. The van der Waals surface area contributed by atoms with Crippen LogP contribution < -0.4 is 5.73 Å². The lowest BCUT2D eigenvalue weighted by Crippen LogP contribution is -2.55. The molecule has 1 aromatic carbocycles. The van der Waals surface area contributed by atoms with Crippen LogP contribution in [0.15, 0.2) is 29.3 Å². The minimum Gasteiger partial charge on any atom is -0.468 e. The minimum absolute atomic E-state index is 0.0111. The summed E-state index contributed by atoms with van der Waals surface area (Å²) in [5, 5.41) is 0.573. The van der Waals surface area contributed by atoms with Crippen molar-refractivity contribution >= 4 is 23.3 Å². The Hall–Kier alpha value is -1.39. The number of rotatable bonds is 4. The molecule has 0 amide bonds. The average molecular weight is 335 g/mol. The number of carbonyl (C=O) groups is 1. The molecule has 4 atom stereocenters. The van der Waals surface area contributed by atoms with Gasteiger partial charge in [-0.3, -0.25) is 4.79 Å². The summed E-state index contributed by atoms with van der Waals surface area (Å²) in [6, 6.07) is 7.16. The van der Waals surface area contributed by atoms with Crippen LogP contribution >= 0.6 is 11.6 Å². The van der Waals surface area contributed by atoms with E-state index in [1.807, 2.05) is 24.3 Å². The Morgan fingerprint density at radius 1 is 1.48 bits per heavy atom. The van der Waals surface area contributed by atoms with Gasteiger partial charge in [0.05, 0.1) is 6.04 Å². The first kappa shape index (κ1) is 16.5. The lowest BCUT2D eigenvalue weighted by Gasteiger charge is -2.42. The summed E-state index contributed by atoms with van der Waals surface area (Å²) < 4.78 is 5.87. The first-order chi connectivity index (χ1) is 11.0. The predicted molar refractivity (Wildman–Crippen MR) is 91.7 cm³/mol. The van der Waals surface area contributed by atoms with Gasteiger partial charge in [-0.1, -0.05) is 50.1 Å². The number of Topliss-reactive ketones (excluding diaryl/α,β-unsaturated/α-hetero) is 1. The summed E-state index contributed by atoms with van der Waals surface area (Å²) in [7, 11) is 0. The van der Waals surface area contributed by atoms with Gasteiger partial charge in [-0.25, -0.2) is 4.99 Å². The Bertz CT molecular complexity index is 646. The van der Waals surface area contributed by atoms with Crippen molar-refractivity contribution in [3.63, 3.8) is 0 Å². The van der Waals surface area contributed by atoms with E-state index in [9.17, 15) is 4.79 Å². The number of fused-ring (bicyclic) bond motifs is 2. The number of nitrogens with zero attached hydrogens (tertiary/aromatic N) is 1. The number of carbonyl (C=O) groups excluding carboxylic acids is 1. The van der Waals surface area contributed by atoms with Crippen molar-refractivity contribution in [2.45, 2.75) is 57.2 Å². The highest BCUT2D eigenvalue weighted by atomic mass is 35.5. The third-order valence-corrected chi connectivity index (χ3v) is 5.46. The van der Waals surface area contributed by atoms with Gasteiger partial charge in [-0.2, -0.15) is 0 Å². The van der Waals surface area contributed by atoms with E-state index >= 15 is 0 Å². The van der Waals surface area contributed by atoms with Crippen molar-refractivity contribution in [3.05, 3.63) is 34.9 Å². The molecule has 3 rings (SSSR count). The van der Waals surface area contributed by atoms with Gasteiger partial charge < -0.3 is 10.5 Å². The number of ether oxygens (including phenoxy) is 1. The van der Waals surface area contributed by atoms with Gasteiger partial charge in [-0.05, 0) is 31.2 Å². The number of halogens is 1. The number of ketones is 1. The second-order valence-corrected chi connectivity index (χ2v) is 6.97. The quantitative estimate of drug-likeness (QED) is 0.917. The first-order valence-electron chi connectivity index (χ1n) is 8.31. The van der Waals surface area contributed by atoms with Crippen LogP contribution in [0.1, 0.15) is 45.1 Å². The Labute approximate surface area is 142 Å². The summed E-state index contributed by atoms with van der Waals surface area (Å²) in [6.45, 7) is 4.16. The molecule has 124 valence electrons. The van der Waals surface area contributed by atoms with Crippen molar-refractivity contribution < 1.29 is 9.53 Å². The van der Waals surface area contributed by atoms with Crippen LogP contribution in [0.5, 0.6) is 0 Å². The summed E-state index contributed by atoms with van der Waals surface area (Å²) in [5.41, 5.74) is 6.17. The molecule has 0 radical (unpaired) electrons. The average Bonchev–Trinajstić information content (AvgIpc) is 2.54. The van der Waals surface area contributed by atoms with Gasteiger partial charge in [0, 0.05) is 10.6 Å². The van der Waals surface area contributed by atoms with Crippen molar-refractivity contribution in [2.75, 3.05) is 0 Å². The van der Waals surface area contributed by atoms with Crippen molar-refractivity contribution in [2.24, 2.45) is 16.6 Å². The van der Waals surface area contributed by atoms with Crippen LogP contribution in [0.4, 0.5) is 0 Å². The van der Waals surface area contributed by atoms with Gasteiger partial charge in [-0.15, -0.1) is 0 Å². The number of hydrogen-bond acceptors (Lipinski definition) is 4. The molecule has 2 N–H and O–H groups in total. The normalized spacial score (nSPS) is 29.5. The molecule has 1 fully saturated rings. The molecule has 0 aromatic heterocycles. The van der Waals surface area contributed by atoms with E-state index < -0.39 is 11.6 Å². The summed E-state index contributed by atoms with van der Waals surface area (Å²) in [5.74, 6) is 0.756. The lowest BCUT2D eigenvalue weighted by molar-refractivity contribution is -0.137. The van der Waals surface area contributed by atoms with E-state index in [0.717, 1.165) is 24.8 Å². The fraction of sp³-hybridized carbons (Fsp3) is 0.556. The molecule has 1 aliphatic carbocycles. The van der Waals surface area contributed by atoms with Crippen LogP contribution in [0.3, 0.4) is 0 Å². The molecule has 2 aliphatic rings. The molecule has 2 bridgehead atoms. The van der Waals surface area contributed by atoms with Crippen molar-refractivity contribution in [1.29, 1.82) is 0 Å². The second-order valence-electron chi connectivity index (χ2n) is 6.56. The van der Waals surface area contributed by atoms with Crippen LogP contribution in [-0.4, -0.2) is 23.8 Å². The van der Waals surface area contributed by atoms with E-state index in [0.29, 0.717) is 17.3 Å². The third kappa shape index (κ3) is 2.68. The van der Waals surface area contributed by atoms with Gasteiger partial charge in [0.15, 0.2) is 11.6 Å². The Morgan fingerprint density at radius 3 is 2.91 bits per heavy atom. The molecule has 4 unspecified atom stereocenters. The fourth-order valence-corrected chi connectivity index (χ4v) is 3.71. The highest BCUT2D eigenvalue weighted by Crippen LogP contribution is 2.44. The zero-order valence-corrected chi connectivity index (χ0v) is 14.3. The zero-order chi connectivity index (χ0) is 16.6. The molecule has 0 spiro atoms. The summed E-state index contributed by atoms with van der Waals surface area (Å²) in [6.07, 6.45) is 2.74. The molecule has 1 aliphatic heterocycles. The molecular formula is C18H23ClN2O2. The number of aliphatic imine (C=N–C) groups is 1. The SMILES string of the molecule is CCC(C)C(N)C1=NC2(c3ccccc3Cl)CCCC(O1)C2=O. The fourth-order valence-electron chi connectivity index (χ4n) is 3.42. The Balaban J connectivity index is 2.11. The van der Waals surface area contributed by atoms with Crippen LogP contribution in [-0.2, 0) is 15.1 Å². The number of benzene rings is 1. The summed E-state index contributed by atoms with van der Waals surface area (Å²) >= 11 is 6.39. The number of nitrogens with two attached hydrogens (primary N) is 1. The Morgan fingerprint density at radius 2 is 2.22 bits per heavy atom. The van der Waals surface area contributed by atoms with Crippen LogP contribution in [0.25, 0.3) is 0 Å². The maximum atomic E-state index is 13.0. The monoisotopic (exact) mass is 334 g/mol. The van der Waals surface area contributed by atoms with E-state index in [2.05, 4.69) is 13.8 Å². The van der Waals surface area contributed by atoms with Gasteiger partial charge in [0.25, 0.3) is 0 Å². The summed E-state index contributed by atoms with van der Waals surface area (Å²) in [4.78, 5) is 17.7. The van der Waals surface area contributed by atoms with Crippen molar-refractivity contribution in [3.8, 4) is 0 Å².